The van der Waals surface area contributed by atoms with Gasteiger partial charge in [-0.1, -0.05) is 36.7 Å². The van der Waals surface area contributed by atoms with Gasteiger partial charge in [-0.25, -0.2) is 0 Å². The van der Waals surface area contributed by atoms with E-state index in [0.29, 0.717) is 6.42 Å². The molecule has 0 spiro atoms. The first kappa shape index (κ1) is 15.7. The van der Waals surface area contributed by atoms with Crippen LogP contribution in [0, 0.1) is 0 Å². The molecule has 1 aromatic rings. The molecule has 0 amide bonds. The zero-order valence-electron chi connectivity index (χ0n) is 11.9. The lowest BCUT2D eigenvalue weighted by atomic mass is 10.1. The normalized spacial score (nSPS) is 12.6. The minimum Gasteiger partial charge on any atom is -0.543 e. The molecule has 0 atom stereocenters. The quantitative estimate of drug-likeness (QED) is 0.830. The Balaban J connectivity index is 3.04. The van der Waals surface area contributed by atoms with Gasteiger partial charge in [-0.15, -0.1) is 0 Å². The summed E-state index contributed by atoms with van der Waals surface area (Å²) >= 11 is 3.46. The summed E-state index contributed by atoms with van der Waals surface area (Å²) in [6.45, 7) is 11.3. The fourth-order valence-electron chi connectivity index (χ4n) is 1.39. The molecule has 0 heterocycles. The van der Waals surface area contributed by atoms with Crippen LogP contribution in [0.25, 0.3) is 0 Å². The Morgan fingerprint density at radius 2 is 1.89 bits per heavy atom. The summed E-state index contributed by atoms with van der Waals surface area (Å²) in [6.07, 6.45) is 0.628. The number of benzene rings is 1. The summed E-state index contributed by atoms with van der Waals surface area (Å²) in [7, 11) is -1.82. The lowest BCUT2D eigenvalue weighted by molar-refractivity contribution is 0.298. The van der Waals surface area contributed by atoms with Crippen molar-refractivity contribution < 1.29 is 9.53 Å². The van der Waals surface area contributed by atoms with Gasteiger partial charge in [0.1, 0.15) is 5.75 Å². The third-order valence-electron chi connectivity index (χ3n) is 3.57. The maximum atomic E-state index is 9.13. The number of rotatable bonds is 4. The highest BCUT2D eigenvalue weighted by molar-refractivity contribution is 9.10. The Morgan fingerprint density at radius 1 is 1.28 bits per heavy atom. The zero-order valence-corrected chi connectivity index (χ0v) is 14.5. The van der Waals surface area contributed by atoms with Crippen LogP contribution in [0.5, 0.6) is 5.75 Å². The molecule has 0 saturated heterocycles. The van der Waals surface area contributed by atoms with Crippen LogP contribution in [-0.4, -0.2) is 20.0 Å². The van der Waals surface area contributed by atoms with Gasteiger partial charge in [0.25, 0.3) is 0 Å². The molecule has 1 aromatic carbocycles. The van der Waals surface area contributed by atoms with Crippen molar-refractivity contribution in [3.63, 3.8) is 0 Å². The Bertz CT molecular complexity index is 411. The number of aliphatic hydroxyl groups excluding tert-OH is 1. The van der Waals surface area contributed by atoms with Crippen molar-refractivity contribution in [2.45, 2.75) is 45.3 Å². The summed E-state index contributed by atoms with van der Waals surface area (Å²) < 4.78 is 7.33. The predicted octanol–water partition coefficient (Wildman–Crippen LogP) is 4.37. The summed E-state index contributed by atoms with van der Waals surface area (Å²) in [4.78, 5) is 0. The van der Waals surface area contributed by atoms with E-state index in [-0.39, 0.29) is 11.6 Å². The molecule has 0 radical (unpaired) electrons. The first-order chi connectivity index (χ1) is 8.17. The van der Waals surface area contributed by atoms with Crippen molar-refractivity contribution >= 4 is 24.2 Å². The average molecular weight is 331 g/mol. The second-order valence-electron chi connectivity index (χ2n) is 6.09. The van der Waals surface area contributed by atoms with E-state index in [9.17, 15) is 0 Å². The summed E-state index contributed by atoms with van der Waals surface area (Å²) in [5.41, 5.74) is 1.07. The fourth-order valence-corrected chi connectivity index (χ4v) is 2.85. The molecule has 102 valence electrons. The van der Waals surface area contributed by atoms with Crippen molar-refractivity contribution in [1.82, 2.24) is 0 Å². The van der Waals surface area contributed by atoms with Crippen LogP contribution in [0.4, 0.5) is 0 Å². The van der Waals surface area contributed by atoms with E-state index in [1.54, 1.807) is 0 Å². The molecular formula is C14H23BrO2Si. The first-order valence-electron chi connectivity index (χ1n) is 6.26. The highest BCUT2D eigenvalue weighted by Gasteiger charge is 2.39. The average Bonchev–Trinajstić information content (AvgIpc) is 2.20. The van der Waals surface area contributed by atoms with E-state index in [1.165, 1.54) is 0 Å². The molecule has 0 aliphatic carbocycles. The Kier molecular flexibility index (Phi) is 5.03. The van der Waals surface area contributed by atoms with Gasteiger partial charge in [-0.05, 0) is 48.3 Å². The molecule has 0 unspecified atom stereocenters. The van der Waals surface area contributed by atoms with Gasteiger partial charge in [-0.2, -0.15) is 0 Å². The van der Waals surface area contributed by atoms with Crippen molar-refractivity contribution in [3.05, 3.63) is 28.2 Å². The number of hydrogen-bond donors (Lipinski definition) is 1. The summed E-state index contributed by atoms with van der Waals surface area (Å²) in [5.74, 6) is 0.916. The van der Waals surface area contributed by atoms with Crippen molar-refractivity contribution in [2.75, 3.05) is 6.61 Å². The molecule has 1 N–H and O–H groups in total. The van der Waals surface area contributed by atoms with Crippen molar-refractivity contribution in [1.29, 1.82) is 0 Å². The van der Waals surface area contributed by atoms with E-state index in [2.05, 4.69) is 49.8 Å². The van der Waals surface area contributed by atoms with E-state index >= 15 is 0 Å². The van der Waals surface area contributed by atoms with E-state index < -0.39 is 8.32 Å². The predicted molar refractivity (Wildman–Crippen MR) is 82.8 cm³/mol. The Labute approximate surface area is 120 Å². The van der Waals surface area contributed by atoms with Gasteiger partial charge in [0.15, 0.2) is 0 Å². The molecule has 0 bridgehead atoms. The summed E-state index contributed by atoms with van der Waals surface area (Å²) in [6, 6.07) is 6.01. The maximum absolute atomic E-state index is 9.13. The van der Waals surface area contributed by atoms with Gasteiger partial charge >= 0.3 is 0 Å². The molecule has 4 heteroatoms. The fraction of sp³-hybridized carbons (Fsp3) is 0.571. The first-order valence-corrected chi connectivity index (χ1v) is 9.96. The largest absolute Gasteiger partial charge is 0.543 e. The SMILES string of the molecule is CC(C)(C)[Si](C)(C)Oc1ccc(Br)cc1CCO. The van der Waals surface area contributed by atoms with Crippen LogP contribution in [0.3, 0.4) is 0 Å². The van der Waals surface area contributed by atoms with Crippen LogP contribution >= 0.6 is 15.9 Å². The molecule has 0 fully saturated rings. The number of hydrogen-bond acceptors (Lipinski definition) is 2. The topological polar surface area (TPSA) is 29.5 Å². The molecule has 0 aromatic heterocycles. The van der Waals surface area contributed by atoms with E-state index in [1.807, 2.05) is 18.2 Å². The van der Waals surface area contributed by atoms with E-state index in [0.717, 1.165) is 15.8 Å². The molecule has 0 saturated carbocycles. The van der Waals surface area contributed by atoms with E-state index in [4.69, 9.17) is 9.53 Å². The van der Waals surface area contributed by atoms with Gasteiger partial charge in [0.2, 0.25) is 8.32 Å². The van der Waals surface area contributed by atoms with Crippen LogP contribution in [0.2, 0.25) is 18.1 Å². The number of aliphatic hydroxyl groups is 1. The smallest absolute Gasteiger partial charge is 0.250 e. The van der Waals surface area contributed by atoms with Gasteiger partial charge < -0.3 is 9.53 Å². The minimum absolute atomic E-state index is 0.143. The van der Waals surface area contributed by atoms with Crippen LogP contribution < -0.4 is 4.43 Å². The van der Waals surface area contributed by atoms with Crippen LogP contribution in [0.1, 0.15) is 26.3 Å². The number of halogens is 1. The molecular weight excluding hydrogens is 308 g/mol. The lowest BCUT2D eigenvalue weighted by Crippen LogP contribution is -2.44. The second-order valence-corrected chi connectivity index (χ2v) is 11.7. The maximum Gasteiger partial charge on any atom is 0.250 e. The van der Waals surface area contributed by atoms with Crippen molar-refractivity contribution in [3.8, 4) is 5.75 Å². The second kappa shape index (κ2) is 5.76. The van der Waals surface area contributed by atoms with Crippen LogP contribution in [0.15, 0.2) is 22.7 Å². The Morgan fingerprint density at radius 3 is 2.39 bits per heavy atom. The van der Waals surface area contributed by atoms with Gasteiger partial charge in [0, 0.05) is 11.1 Å². The molecule has 18 heavy (non-hydrogen) atoms. The monoisotopic (exact) mass is 330 g/mol. The molecule has 2 nitrogen and oxygen atoms in total. The molecule has 0 aliphatic heterocycles. The van der Waals surface area contributed by atoms with Crippen molar-refractivity contribution in [2.24, 2.45) is 0 Å². The molecule has 0 aliphatic rings. The minimum atomic E-state index is -1.82. The third kappa shape index (κ3) is 3.83. The third-order valence-corrected chi connectivity index (χ3v) is 8.41. The highest BCUT2D eigenvalue weighted by atomic mass is 79.9. The van der Waals surface area contributed by atoms with Gasteiger partial charge in [-0.3, -0.25) is 0 Å². The van der Waals surface area contributed by atoms with Gasteiger partial charge in [0.05, 0.1) is 0 Å². The lowest BCUT2D eigenvalue weighted by Gasteiger charge is -2.37. The highest BCUT2D eigenvalue weighted by Crippen LogP contribution is 2.38. The zero-order chi connectivity index (χ0) is 14.0. The molecule has 1 rings (SSSR count). The van der Waals surface area contributed by atoms with Crippen LogP contribution in [-0.2, 0) is 6.42 Å². The summed E-state index contributed by atoms with van der Waals surface area (Å²) in [5, 5.41) is 9.31. The Hall–Kier alpha value is -0.323. The standard InChI is InChI=1S/C14H23BrO2Si/c1-14(2,3)18(4,5)17-13-7-6-12(15)10-11(13)8-9-16/h6-7,10,16H,8-9H2,1-5H3.